The minimum Gasteiger partial charge on any atom is -0.481 e. The Balaban J connectivity index is 2.61. The van der Waals surface area contributed by atoms with E-state index >= 15 is 0 Å². The molecule has 1 aliphatic rings. The lowest BCUT2D eigenvalue weighted by Crippen LogP contribution is -2.48. The normalized spacial score (nSPS) is 19.0. The second-order valence-electron chi connectivity index (χ2n) is 4.40. The molecule has 0 aromatic carbocycles. The number of carboxylic acids is 1. The molecule has 0 spiro atoms. The zero-order valence-corrected chi connectivity index (χ0v) is 9.14. The van der Waals surface area contributed by atoms with Gasteiger partial charge in [0.05, 0.1) is 12.0 Å². The molecule has 4 nitrogen and oxygen atoms in total. The van der Waals surface area contributed by atoms with E-state index in [-0.39, 0.29) is 6.42 Å². The second kappa shape index (κ2) is 4.93. The lowest BCUT2D eigenvalue weighted by molar-refractivity contribution is -0.155. The summed E-state index contributed by atoms with van der Waals surface area (Å²) in [5.41, 5.74) is -0.992. The van der Waals surface area contributed by atoms with Crippen LogP contribution in [0.15, 0.2) is 0 Å². The first-order chi connectivity index (χ1) is 7.72. The lowest BCUT2D eigenvalue weighted by Gasteiger charge is -2.28. The van der Waals surface area contributed by atoms with Gasteiger partial charge in [-0.2, -0.15) is 13.2 Å². The van der Waals surface area contributed by atoms with Gasteiger partial charge in [0, 0.05) is 0 Å². The Morgan fingerprint density at radius 2 is 1.76 bits per heavy atom. The molecule has 2 N–H and O–H groups in total. The average molecular weight is 253 g/mol. The highest BCUT2D eigenvalue weighted by atomic mass is 19.4. The van der Waals surface area contributed by atoms with Gasteiger partial charge >= 0.3 is 12.1 Å². The van der Waals surface area contributed by atoms with E-state index in [1.54, 1.807) is 0 Å². The summed E-state index contributed by atoms with van der Waals surface area (Å²) in [7, 11) is 0. The highest BCUT2D eigenvalue weighted by molar-refractivity contribution is 5.79. The van der Waals surface area contributed by atoms with Gasteiger partial charge < -0.3 is 10.4 Å². The number of hydrogen-bond acceptors (Lipinski definition) is 2. The molecule has 0 heterocycles. The van der Waals surface area contributed by atoms with E-state index in [9.17, 15) is 22.8 Å². The molecule has 1 aliphatic carbocycles. The number of halogens is 3. The molecule has 0 aliphatic heterocycles. The van der Waals surface area contributed by atoms with Crippen molar-refractivity contribution < 1.29 is 27.9 Å². The van der Waals surface area contributed by atoms with Crippen molar-refractivity contribution in [3.8, 4) is 0 Å². The average Bonchev–Trinajstić information content (AvgIpc) is 2.47. The fraction of sp³-hybridized carbons (Fsp3) is 0.800. The van der Waals surface area contributed by atoms with Crippen LogP contribution in [0.1, 0.15) is 38.5 Å². The van der Waals surface area contributed by atoms with Crippen molar-refractivity contribution in [2.75, 3.05) is 0 Å². The monoisotopic (exact) mass is 253 g/mol. The molecule has 1 amide bonds. The van der Waals surface area contributed by atoms with Crippen molar-refractivity contribution in [3.05, 3.63) is 0 Å². The summed E-state index contributed by atoms with van der Waals surface area (Å²) in [4.78, 5) is 21.8. The van der Waals surface area contributed by atoms with E-state index in [2.05, 4.69) is 5.32 Å². The standard InChI is InChI=1S/C10H14F3NO3/c11-10(12,13)5-7(15)14-9(6-8(16)17)3-1-2-4-9/h1-6H2,(H,14,15)(H,16,17). The predicted octanol–water partition coefficient (Wildman–Crippen LogP) is 1.84. The number of aliphatic carboxylic acids is 1. The largest absolute Gasteiger partial charge is 0.481 e. The van der Waals surface area contributed by atoms with Crippen LogP contribution in [0.2, 0.25) is 0 Å². The van der Waals surface area contributed by atoms with Crippen LogP contribution < -0.4 is 5.32 Å². The Hall–Kier alpha value is -1.27. The number of carbonyl (C=O) groups is 2. The van der Waals surface area contributed by atoms with Crippen molar-refractivity contribution >= 4 is 11.9 Å². The number of carboxylic acid groups (broad SMARTS) is 1. The third-order valence-electron chi connectivity index (χ3n) is 2.82. The number of rotatable bonds is 4. The van der Waals surface area contributed by atoms with Crippen molar-refractivity contribution in [1.29, 1.82) is 0 Å². The third kappa shape index (κ3) is 4.62. The molecule has 0 radical (unpaired) electrons. The van der Waals surface area contributed by atoms with Crippen LogP contribution in [0.4, 0.5) is 13.2 Å². The van der Waals surface area contributed by atoms with Gasteiger partial charge in [-0.25, -0.2) is 0 Å². The van der Waals surface area contributed by atoms with Crippen LogP contribution in [0.25, 0.3) is 0 Å². The van der Waals surface area contributed by atoms with Gasteiger partial charge in [-0.1, -0.05) is 12.8 Å². The zero-order chi connectivity index (χ0) is 13.1. The lowest BCUT2D eigenvalue weighted by atomic mass is 9.93. The number of alkyl halides is 3. The molecule has 0 aromatic rings. The van der Waals surface area contributed by atoms with Gasteiger partial charge in [0.1, 0.15) is 6.42 Å². The molecular formula is C10H14F3NO3. The van der Waals surface area contributed by atoms with Crippen molar-refractivity contribution in [1.82, 2.24) is 5.32 Å². The van der Waals surface area contributed by atoms with Gasteiger partial charge in [-0.05, 0) is 12.8 Å². The number of carbonyl (C=O) groups excluding carboxylic acids is 1. The Kier molecular flexibility index (Phi) is 4.00. The van der Waals surface area contributed by atoms with E-state index in [1.807, 2.05) is 0 Å². The molecule has 1 saturated carbocycles. The van der Waals surface area contributed by atoms with Gasteiger partial charge in [-0.3, -0.25) is 9.59 Å². The minimum atomic E-state index is -4.56. The third-order valence-corrected chi connectivity index (χ3v) is 2.82. The highest BCUT2D eigenvalue weighted by Crippen LogP contribution is 2.33. The van der Waals surface area contributed by atoms with Crippen LogP contribution >= 0.6 is 0 Å². The fourth-order valence-corrected chi connectivity index (χ4v) is 2.21. The molecule has 17 heavy (non-hydrogen) atoms. The summed E-state index contributed by atoms with van der Waals surface area (Å²) in [6.45, 7) is 0. The molecule has 0 unspecified atom stereocenters. The van der Waals surface area contributed by atoms with Crippen molar-refractivity contribution in [3.63, 3.8) is 0 Å². The number of hydrogen-bond donors (Lipinski definition) is 2. The summed E-state index contributed by atoms with van der Waals surface area (Å²) in [6.07, 6.45) is -4.16. The summed E-state index contributed by atoms with van der Waals surface area (Å²) in [5, 5.41) is 11.0. The Labute approximate surface area is 96.2 Å². The predicted molar refractivity (Wildman–Crippen MR) is 52.3 cm³/mol. The highest BCUT2D eigenvalue weighted by Gasteiger charge is 2.40. The molecule has 1 fully saturated rings. The van der Waals surface area contributed by atoms with Gasteiger partial charge in [0.25, 0.3) is 0 Å². The number of amides is 1. The van der Waals surface area contributed by atoms with Crippen LogP contribution in [0.5, 0.6) is 0 Å². The molecule has 0 aromatic heterocycles. The van der Waals surface area contributed by atoms with Crippen LogP contribution in [0, 0.1) is 0 Å². The van der Waals surface area contributed by atoms with Gasteiger partial charge in [-0.15, -0.1) is 0 Å². The van der Waals surface area contributed by atoms with E-state index in [0.29, 0.717) is 12.8 Å². The quantitative estimate of drug-likeness (QED) is 0.803. The first-order valence-corrected chi connectivity index (χ1v) is 5.32. The summed E-state index contributed by atoms with van der Waals surface area (Å²) < 4.78 is 36.0. The van der Waals surface area contributed by atoms with Gasteiger partial charge in [0.15, 0.2) is 0 Å². The van der Waals surface area contributed by atoms with Crippen LogP contribution in [0.3, 0.4) is 0 Å². The van der Waals surface area contributed by atoms with E-state index in [1.165, 1.54) is 0 Å². The van der Waals surface area contributed by atoms with Crippen LogP contribution in [-0.4, -0.2) is 28.7 Å². The maximum atomic E-state index is 12.0. The zero-order valence-electron chi connectivity index (χ0n) is 9.14. The maximum absolute atomic E-state index is 12.0. The first kappa shape index (κ1) is 13.8. The second-order valence-corrected chi connectivity index (χ2v) is 4.40. The Morgan fingerprint density at radius 3 is 2.18 bits per heavy atom. The van der Waals surface area contributed by atoms with Crippen molar-refractivity contribution in [2.45, 2.75) is 50.2 Å². The number of nitrogens with one attached hydrogen (secondary N) is 1. The summed E-state index contributed by atoms with van der Waals surface area (Å²) >= 11 is 0. The molecule has 0 atom stereocenters. The minimum absolute atomic E-state index is 0.323. The summed E-state index contributed by atoms with van der Waals surface area (Å²) in [5.74, 6) is -2.26. The smallest absolute Gasteiger partial charge is 0.397 e. The Bertz CT molecular complexity index is 308. The van der Waals surface area contributed by atoms with Crippen LogP contribution in [-0.2, 0) is 9.59 Å². The SMILES string of the molecule is O=C(O)CC1(NC(=O)CC(F)(F)F)CCCC1. The van der Waals surface area contributed by atoms with E-state index in [0.717, 1.165) is 12.8 Å². The van der Waals surface area contributed by atoms with E-state index < -0.39 is 30.0 Å². The Morgan fingerprint density at radius 1 is 1.24 bits per heavy atom. The fourth-order valence-electron chi connectivity index (χ4n) is 2.21. The van der Waals surface area contributed by atoms with E-state index in [4.69, 9.17) is 5.11 Å². The molecule has 0 bridgehead atoms. The molecule has 98 valence electrons. The summed E-state index contributed by atoms with van der Waals surface area (Å²) in [6, 6.07) is 0. The molecule has 7 heteroatoms. The van der Waals surface area contributed by atoms with Gasteiger partial charge in [0.2, 0.25) is 5.91 Å². The maximum Gasteiger partial charge on any atom is 0.397 e. The molecule has 0 saturated heterocycles. The first-order valence-electron chi connectivity index (χ1n) is 5.32. The topological polar surface area (TPSA) is 66.4 Å². The molecule has 1 rings (SSSR count). The van der Waals surface area contributed by atoms with Crippen molar-refractivity contribution in [2.24, 2.45) is 0 Å². The molecular weight excluding hydrogens is 239 g/mol.